The third-order valence-electron chi connectivity index (χ3n) is 5.94. The summed E-state index contributed by atoms with van der Waals surface area (Å²) in [5.74, 6) is 0.702. The topological polar surface area (TPSA) is 78.0 Å². The molecule has 33 heavy (non-hydrogen) atoms. The number of likely N-dealkylation sites (N-methyl/N-ethyl adjacent to an activating group) is 1. The number of amides is 1. The molecule has 1 aromatic heterocycles. The first-order valence-electron chi connectivity index (χ1n) is 10.9. The Morgan fingerprint density at radius 1 is 1.09 bits per heavy atom. The minimum absolute atomic E-state index is 0.230. The minimum Gasteiger partial charge on any atom is -0.454 e. The second kappa shape index (κ2) is 8.58. The van der Waals surface area contributed by atoms with Gasteiger partial charge in [-0.15, -0.1) is 0 Å². The fraction of sp³-hybridized carbons (Fsp3) is 0.269. The van der Waals surface area contributed by atoms with Gasteiger partial charge in [0, 0.05) is 19.5 Å². The van der Waals surface area contributed by atoms with Crippen molar-refractivity contribution in [3.05, 3.63) is 64.8 Å². The lowest BCUT2D eigenvalue weighted by Gasteiger charge is -2.22. The zero-order valence-electron chi connectivity index (χ0n) is 18.6. The number of allylic oxidation sites excluding steroid dienone is 1. The van der Waals surface area contributed by atoms with Crippen LogP contribution < -0.4 is 9.47 Å². The van der Waals surface area contributed by atoms with E-state index in [-0.39, 0.29) is 19.3 Å². The lowest BCUT2D eigenvalue weighted by Crippen LogP contribution is -2.28. The van der Waals surface area contributed by atoms with Crippen molar-refractivity contribution in [1.29, 1.82) is 0 Å². The number of para-hydroxylation sites is 1. The number of pyridine rings is 1. The molecular formula is C26H24N2O5. The smallest absolute Gasteiger partial charge is 0.339 e. The molecule has 0 unspecified atom stereocenters. The number of fused-ring (bicyclic) bond motifs is 3. The molecule has 0 saturated carbocycles. The maximum absolute atomic E-state index is 13.2. The van der Waals surface area contributed by atoms with Gasteiger partial charge in [0.05, 0.1) is 16.8 Å². The van der Waals surface area contributed by atoms with E-state index in [1.54, 1.807) is 14.1 Å². The van der Waals surface area contributed by atoms with Crippen LogP contribution in [0.1, 0.15) is 40.0 Å². The number of carbonyl (C=O) groups is 2. The third-order valence-corrected chi connectivity index (χ3v) is 5.94. The Labute approximate surface area is 191 Å². The number of rotatable bonds is 4. The number of hydrogen-bond acceptors (Lipinski definition) is 6. The quantitative estimate of drug-likeness (QED) is 0.564. The highest BCUT2D eigenvalue weighted by molar-refractivity contribution is 6.07. The van der Waals surface area contributed by atoms with Crippen molar-refractivity contribution in [3.8, 4) is 11.5 Å². The normalized spacial score (nSPS) is 15.4. The van der Waals surface area contributed by atoms with Crippen LogP contribution in [-0.2, 0) is 16.0 Å². The van der Waals surface area contributed by atoms with E-state index < -0.39 is 5.97 Å². The van der Waals surface area contributed by atoms with Gasteiger partial charge in [-0.3, -0.25) is 4.79 Å². The fourth-order valence-electron chi connectivity index (χ4n) is 4.24. The van der Waals surface area contributed by atoms with Crippen molar-refractivity contribution in [2.24, 2.45) is 0 Å². The number of benzene rings is 2. The molecule has 1 aliphatic carbocycles. The van der Waals surface area contributed by atoms with Crippen molar-refractivity contribution in [3.63, 3.8) is 0 Å². The van der Waals surface area contributed by atoms with E-state index in [2.05, 4.69) is 6.08 Å². The SMILES string of the molecule is CN(C)C(=O)COC(=O)c1c2c(nc3ccccc13)/C(=C/c1ccc3c(c1)OCO3)CCC2. The maximum atomic E-state index is 13.2. The van der Waals surface area contributed by atoms with Gasteiger partial charge < -0.3 is 19.1 Å². The van der Waals surface area contributed by atoms with Crippen LogP contribution in [0.5, 0.6) is 11.5 Å². The average molecular weight is 444 g/mol. The van der Waals surface area contributed by atoms with E-state index in [1.165, 1.54) is 4.90 Å². The highest BCUT2D eigenvalue weighted by atomic mass is 16.7. The highest BCUT2D eigenvalue weighted by Crippen LogP contribution is 2.38. The van der Waals surface area contributed by atoms with Crippen molar-refractivity contribution >= 4 is 34.4 Å². The standard InChI is InChI=1S/C26H24N2O5/c1-28(2)23(29)14-31-26(30)24-18-7-3-4-9-20(18)27-25-17(6-5-8-19(24)25)12-16-10-11-21-22(13-16)33-15-32-21/h3-4,7,9-13H,5-6,8,14-15H2,1-2H3/b17-12+. The molecule has 7 heteroatoms. The first kappa shape index (κ1) is 21.0. The molecule has 0 fully saturated rings. The van der Waals surface area contributed by atoms with Gasteiger partial charge in [0.25, 0.3) is 5.91 Å². The van der Waals surface area contributed by atoms with Crippen LogP contribution in [-0.4, -0.2) is 49.3 Å². The molecule has 0 spiro atoms. The van der Waals surface area contributed by atoms with Gasteiger partial charge in [0.15, 0.2) is 18.1 Å². The molecular weight excluding hydrogens is 420 g/mol. The minimum atomic E-state index is -0.496. The molecule has 1 amide bonds. The lowest BCUT2D eigenvalue weighted by atomic mass is 9.86. The van der Waals surface area contributed by atoms with Crippen LogP contribution in [0.15, 0.2) is 42.5 Å². The fourth-order valence-corrected chi connectivity index (χ4v) is 4.24. The molecule has 0 bridgehead atoms. The first-order valence-corrected chi connectivity index (χ1v) is 10.9. The van der Waals surface area contributed by atoms with Crippen LogP contribution in [0.4, 0.5) is 0 Å². The zero-order chi connectivity index (χ0) is 22.9. The van der Waals surface area contributed by atoms with Crippen molar-refractivity contribution in [2.45, 2.75) is 19.3 Å². The van der Waals surface area contributed by atoms with E-state index in [4.69, 9.17) is 19.2 Å². The number of esters is 1. The summed E-state index contributed by atoms with van der Waals surface area (Å²) >= 11 is 0. The molecule has 0 atom stereocenters. The summed E-state index contributed by atoms with van der Waals surface area (Å²) in [4.78, 5) is 31.5. The van der Waals surface area contributed by atoms with E-state index in [1.807, 2.05) is 42.5 Å². The summed E-state index contributed by atoms with van der Waals surface area (Å²) in [5, 5.41) is 0.739. The number of aromatic nitrogens is 1. The molecule has 2 aromatic carbocycles. The van der Waals surface area contributed by atoms with Crippen molar-refractivity contribution in [1.82, 2.24) is 9.88 Å². The summed E-state index contributed by atoms with van der Waals surface area (Å²) in [6.07, 6.45) is 4.55. The first-order chi connectivity index (χ1) is 16.0. The Morgan fingerprint density at radius 3 is 2.76 bits per heavy atom. The lowest BCUT2D eigenvalue weighted by molar-refractivity contribution is -0.131. The Kier molecular flexibility index (Phi) is 5.46. The van der Waals surface area contributed by atoms with Gasteiger partial charge in [0.2, 0.25) is 6.79 Å². The van der Waals surface area contributed by atoms with Crippen LogP contribution in [0.25, 0.3) is 22.6 Å². The Hall–Kier alpha value is -3.87. The predicted molar refractivity (Wildman–Crippen MR) is 124 cm³/mol. The predicted octanol–water partition coefficient (Wildman–Crippen LogP) is 4.09. The van der Waals surface area contributed by atoms with Crippen LogP contribution >= 0.6 is 0 Å². The molecule has 0 radical (unpaired) electrons. The molecule has 2 heterocycles. The second-order valence-electron chi connectivity index (χ2n) is 8.33. The van der Waals surface area contributed by atoms with E-state index in [0.717, 1.165) is 64.1 Å². The molecule has 7 nitrogen and oxygen atoms in total. The summed E-state index contributed by atoms with van der Waals surface area (Å²) < 4.78 is 16.3. The molecule has 5 rings (SSSR count). The van der Waals surface area contributed by atoms with Gasteiger partial charge in [-0.2, -0.15) is 0 Å². The van der Waals surface area contributed by atoms with Crippen LogP contribution in [0.2, 0.25) is 0 Å². The van der Waals surface area contributed by atoms with Gasteiger partial charge in [-0.05, 0) is 60.2 Å². The Balaban J connectivity index is 1.58. The molecule has 0 saturated heterocycles. The monoisotopic (exact) mass is 444 g/mol. The van der Waals surface area contributed by atoms with Gasteiger partial charge in [-0.25, -0.2) is 9.78 Å². The molecule has 2 aliphatic rings. The largest absolute Gasteiger partial charge is 0.454 e. The number of nitrogens with zero attached hydrogens (tertiary/aromatic N) is 2. The summed E-state index contributed by atoms with van der Waals surface area (Å²) in [7, 11) is 3.26. The van der Waals surface area contributed by atoms with E-state index >= 15 is 0 Å². The molecule has 3 aromatic rings. The van der Waals surface area contributed by atoms with E-state index in [9.17, 15) is 9.59 Å². The van der Waals surface area contributed by atoms with Crippen LogP contribution in [0, 0.1) is 0 Å². The number of hydrogen-bond donors (Lipinski definition) is 0. The second-order valence-corrected chi connectivity index (χ2v) is 8.33. The number of ether oxygens (including phenoxy) is 3. The summed E-state index contributed by atoms with van der Waals surface area (Å²) in [6, 6.07) is 13.4. The summed E-state index contributed by atoms with van der Waals surface area (Å²) in [5.41, 5.74) is 4.94. The Morgan fingerprint density at radius 2 is 1.91 bits per heavy atom. The maximum Gasteiger partial charge on any atom is 0.339 e. The molecule has 168 valence electrons. The van der Waals surface area contributed by atoms with Crippen molar-refractivity contribution < 1.29 is 23.8 Å². The number of carbonyl (C=O) groups excluding carboxylic acids is 2. The van der Waals surface area contributed by atoms with Crippen LogP contribution in [0.3, 0.4) is 0 Å². The summed E-state index contributed by atoms with van der Waals surface area (Å²) in [6.45, 7) is -0.0648. The average Bonchev–Trinajstić information content (AvgIpc) is 3.29. The third kappa shape index (κ3) is 4.02. The zero-order valence-corrected chi connectivity index (χ0v) is 18.6. The molecule has 0 N–H and O–H groups in total. The van der Waals surface area contributed by atoms with E-state index in [0.29, 0.717) is 5.56 Å². The van der Waals surface area contributed by atoms with Gasteiger partial charge in [-0.1, -0.05) is 24.3 Å². The Bertz CT molecular complexity index is 1300. The van der Waals surface area contributed by atoms with Gasteiger partial charge >= 0.3 is 5.97 Å². The van der Waals surface area contributed by atoms with Crippen molar-refractivity contribution in [2.75, 3.05) is 27.5 Å². The van der Waals surface area contributed by atoms with Gasteiger partial charge in [0.1, 0.15) is 0 Å². The molecule has 1 aliphatic heterocycles. The highest BCUT2D eigenvalue weighted by Gasteiger charge is 2.26.